The van der Waals surface area contributed by atoms with Crippen LogP contribution in [0.25, 0.3) is 0 Å². The monoisotopic (exact) mass is 690 g/mol. The van der Waals surface area contributed by atoms with Crippen LogP contribution < -0.4 is 19.7 Å². The van der Waals surface area contributed by atoms with Crippen molar-refractivity contribution in [3.8, 4) is 5.75 Å². The number of hydrogen-bond acceptors (Lipinski definition) is 8. The molecule has 1 aliphatic heterocycles. The number of aryl methyl sites for hydroxylation is 3. The number of rotatable bonds is 10. The Labute approximate surface area is 281 Å². The van der Waals surface area contributed by atoms with Crippen LogP contribution in [0.4, 0.5) is 30.5 Å². The zero-order chi connectivity index (χ0) is 35.8. The summed E-state index contributed by atoms with van der Waals surface area (Å²) in [5.41, 5.74) is 1.01. The number of piperidine rings is 1. The summed E-state index contributed by atoms with van der Waals surface area (Å²) >= 11 is 0. The first-order chi connectivity index (χ1) is 22.1. The molecule has 0 aliphatic carbocycles. The highest BCUT2D eigenvalue weighted by molar-refractivity contribution is 7.92. The molecule has 0 bridgehead atoms. The number of sulfonamides is 1. The SMILES string of the molecule is COc1cc(C(=O)NC2CC(C)(C)N(C)C(C)(C)C2)ccc1Nc1ncc(C(F)(F)F)c(CCc2ccc(C)cc2N(C)S(C)(=O)=O)n1. The summed E-state index contributed by atoms with van der Waals surface area (Å²) < 4.78 is 73.2. The second kappa shape index (κ2) is 13.5. The molecule has 0 atom stereocenters. The van der Waals surface area contributed by atoms with Crippen molar-refractivity contribution in [1.29, 1.82) is 0 Å². The Kier molecular flexibility index (Phi) is 10.4. The molecule has 2 N–H and O–H groups in total. The number of nitrogens with zero attached hydrogens (tertiary/aromatic N) is 4. The first kappa shape index (κ1) is 36.9. The van der Waals surface area contributed by atoms with Crippen LogP contribution in [0, 0.1) is 6.92 Å². The van der Waals surface area contributed by atoms with Gasteiger partial charge in [-0.2, -0.15) is 13.2 Å². The van der Waals surface area contributed by atoms with Gasteiger partial charge in [-0.05, 0) is 103 Å². The Morgan fingerprint density at radius 1 is 1.08 bits per heavy atom. The summed E-state index contributed by atoms with van der Waals surface area (Å²) in [6.45, 7) is 10.4. The Hall–Kier alpha value is -3.91. The van der Waals surface area contributed by atoms with Gasteiger partial charge < -0.3 is 15.4 Å². The van der Waals surface area contributed by atoms with Crippen molar-refractivity contribution >= 4 is 33.3 Å². The zero-order valence-corrected chi connectivity index (χ0v) is 29.7. The third-order valence-corrected chi connectivity index (χ3v) is 10.4. The van der Waals surface area contributed by atoms with Crippen molar-refractivity contribution in [2.24, 2.45) is 0 Å². The largest absolute Gasteiger partial charge is 0.495 e. The number of hydrogen-bond donors (Lipinski definition) is 2. The molecule has 10 nitrogen and oxygen atoms in total. The van der Waals surface area contributed by atoms with Crippen molar-refractivity contribution in [3.63, 3.8) is 0 Å². The molecular weight excluding hydrogens is 645 g/mol. The molecule has 1 aliphatic rings. The first-order valence-electron chi connectivity index (χ1n) is 15.6. The minimum absolute atomic E-state index is 0.0378. The second-order valence-electron chi connectivity index (χ2n) is 13.7. The molecule has 0 saturated carbocycles. The number of anilines is 3. The number of nitrogens with one attached hydrogen (secondary N) is 2. The topological polar surface area (TPSA) is 117 Å². The van der Waals surface area contributed by atoms with E-state index in [1.54, 1.807) is 43.3 Å². The molecule has 14 heteroatoms. The Morgan fingerprint density at radius 2 is 1.73 bits per heavy atom. The van der Waals surface area contributed by atoms with Gasteiger partial charge in [-0.25, -0.2) is 18.4 Å². The number of carbonyl (C=O) groups excluding carboxylic acids is 1. The number of halogens is 3. The fourth-order valence-electron chi connectivity index (χ4n) is 6.31. The van der Waals surface area contributed by atoms with E-state index in [9.17, 15) is 26.4 Å². The third kappa shape index (κ3) is 8.38. The van der Waals surface area contributed by atoms with Gasteiger partial charge in [0, 0.05) is 35.9 Å². The number of likely N-dealkylation sites (tertiary alicyclic amines) is 1. The molecule has 1 amide bonds. The molecule has 3 aromatic rings. The standard InChI is InChI=1S/C34H45F3N6O4S/c1-21-10-11-22(28(16-21)42(6)48(9,45)46)12-14-26-25(34(35,36)37)20-38-31(40-26)41-27-15-13-23(17-29(27)47-8)30(44)39-24-18-32(2,3)43(7)33(4,5)19-24/h10-11,13,15-17,20,24H,12,14,18-19H2,1-9H3,(H,39,44)(H,38,40,41). The van der Waals surface area contributed by atoms with E-state index in [1.807, 2.05) is 0 Å². The van der Waals surface area contributed by atoms with Gasteiger partial charge in [-0.1, -0.05) is 12.1 Å². The smallest absolute Gasteiger partial charge is 0.419 e. The minimum atomic E-state index is -4.71. The number of aromatic nitrogens is 2. The Bertz CT molecular complexity index is 1760. The molecule has 262 valence electrons. The average Bonchev–Trinajstić information content (AvgIpc) is 2.97. The lowest BCUT2D eigenvalue weighted by atomic mass is 9.77. The molecule has 2 heterocycles. The Morgan fingerprint density at radius 3 is 2.31 bits per heavy atom. The molecule has 1 fully saturated rings. The van der Waals surface area contributed by atoms with Crippen LogP contribution in [0.5, 0.6) is 5.75 Å². The summed E-state index contributed by atoms with van der Waals surface area (Å²) in [6, 6.07) is 9.88. The van der Waals surface area contributed by atoms with Crippen LogP contribution in [0.2, 0.25) is 0 Å². The van der Waals surface area contributed by atoms with Crippen LogP contribution >= 0.6 is 0 Å². The van der Waals surface area contributed by atoms with E-state index in [1.165, 1.54) is 14.2 Å². The molecule has 0 spiro atoms. The van der Waals surface area contributed by atoms with Gasteiger partial charge >= 0.3 is 6.18 Å². The van der Waals surface area contributed by atoms with Gasteiger partial charge in [-0.3, -0.25) is 14.0 Å². The van der Waals surface area contributed by atoms with E-state index < -0.39 is 21.8 Å². The average molecular weight is 691 g/mol. The number of amides is 1. The van der Waals surface area contributed by atoms with Crippen LogP contribution in [0.1, 0.15) is 73.3 Å². The molecule has 0 unspecified atom stereocenters. The van der Waals surface area contributed by atoms with Crippen LogP contribution in [-0.2, 0) is 29.0 Å². The van der Waals surface area contributed by atoms with Gasteiger partial charge in [0.1, 0.15) is 5.75 Å². The maximum atomic E-state index is 14.0. The number of ether oxygens (including phenoxy) is 1. The molecule has 48 heavy (non-hydrogen) atoms. The highest BCUT2D eigenvalue weighted by atomic mass is 32.2. The zero-order valence-electron chi connectivity index (χ0n) is 28.9. The summed E-state index contributed by atoms with van der Waals surface area (Å²) in [4.78, 5) is 23.8. The van der Waals surface area contributed by atoms with Crippen molar-refractivity contribution in [2.45, 2.75) is 83.6 Å². The predicted octanol–water partition coefficient (Wildman–Crippen LogP) is 6.12. The van der Waals surface area contributed by atoms with Crippen LogP contribution in [-0.4, -0.2) is 73.8 Å². The number of benzene rings is 2. The number of alkyl halides is 3. The minimum Gasteiger partial charge on any atom is -0.495 e. The van der Waals surface area contributed by atoms with Crippen LogP contribution in [0.15, 0.2) is 42.6 Å². The maximum absolute atomic E-state index is 14.0. The fourth-order valence-corrected chi connectivity index (χ4v) is 6.84. The quantitative estimate of drug-likeness (QED) is 0.262. The molecular formula is C34H45F3N6O4S. The lowest BCUT2D eigenvalue weighted by Crippen LogP contribution is -2.62. The lowest BCUT2D eigenvalue weighted by Gasteiger charge is -2.53. The normalized spacial score (nSPS) is 16.8. The molecule has 1 saturated heterocycles. The van der Waals surface area contributed by atoms with Gasteiger partial charge in [0.25, 0.3) is 5.91 Å². The summed E-state index contributed by atoms with van der Waals surface area (Å²) in [7, 11) is 1.32. The third-order valence-electron chi connectivity index (χ3n) is 9.24. The van der Waals surface area contributed by atoms with Crippen molar-refractivity contribution in [2.75, 3.05) is 37.1 Å². The molecule has 1 aromatic heterocycles. The van der Waals surface area contributed by atoms with E-state index in [2.05, 4.69) is 60.2 Å². The van der Waals surface area contributed by atoms with Crippen molar-refractivity contribution in [3.05, 3.63) is 70.5 Å². The highest BCUT2D eigenvalue weighted by Gasteiger charge is 2.43. The highest BCUT2D eigenvalue weighted by Crippen LogP contribution is 2.38. The Balaban J connectivity index is 1.57. The number of carbonyl (C=O) groups is 1. The fraction of sp³-hybridized carbons (Fsp3) is 0.500. The van der Waals surface area contributed by atoms with E-state index >= 15 is 0 Å². The van der Waals surface area contributed by atoms with E-state index in [4.69, 9.17) is 4.74 Å². The van der Waals surface area contributed by atoms with E-state index in [-0.39, 0.29) is 53.3 Å². The summed E-state index contributed by atoms with van der Waals surface area (Å²) in [6.07, 6.45) is -1.41. The second-order valence-corrected chi connectivity index (χ2v) is 15.7. The van der Waals surface area contributed by atoms with E-state index in [0.717, 1.165) is 35.2 Å². The summed E-state index contributed by atoms with van der Waals surface area (Å²) in [5, 5.41) is 6.09. The van der Waals surface area contributed by atoms with Gasteiger partial charge in [0.15, 0.2) is 0 Å². The molecule has 2 aromatic carbocycles. The number of methoxy groups -OCH3 is 1. The molecule has 0 radical (unpaired) electrons. The van der Waals surface area contributed by atoms with Gasteiger partial charge in [-0.15, -0.1) is 0 Å². The van der Waals surface area contributed by atoms with Gasteiger partial charge in [0.2, 0.25) is 16.0 Å². The van der Waals surface area contributed by atoms with Gasteiger partial charge in [0.05, 0.1) is 36.0 Å². The maximum Gasteiger partial charge on any atom is 0.419 e. The van der Waals surface area contributed by atoms with Crippen molar-refractivity contribution < 1.29 is 31.1 Å². The predicted molar refractivity (Wildman–Crippen MR) is 182 cm³/mol. The summed E-state index contributed by atoms with van der Waals surface area (Å²) in [5.74, 6) is -0.0717. The van der Waals surface area contributed by atoms with E-state index in [0.29, 0.717) is 22.5 Å². The van der Waals surface area contributed by atoms with Crippen LogP contribution in [0.3, 0.4) is 0 Å². The lowest BCUT2D eigenvalue weighted by molar-refractivity contribution is -0.138. The van der Waals surface area contributed by atoms with Crippen molar-refractivity contribution in [1.82, 2.24) is 20.2 Å². The molecule has 4 rings (SSSR count). The first-order valence-corrected chi connectivity index (χ1v) is 17.4.